The van der Waals surface area contributed by atoms with Crippen LogP contribution in [0.3, 0.4) is 0 Å². The fourth-order valence-electron chi connectivity index (χ4n) is 4.43. The monoisotopic (exact) mass is 636 g/mol. The van der Waals surface area contributed by atoms with Crippen LogP contribution in [0.2, 0.25) is 0 Å². The number of nitrogens with two attached hydrogens (primary N) is 1. The Morgan fingerprint density at radius 1 is 0.891 bits per heavy atom. The summed E-state index contributed by atoms with van der Waals surface area (Å²) in [5.41, 5.74) is 5.13. The normalized spacial score (nSPS) is 13.3. The van der Waals surface area contributed by atoms with E-state index < -0.39 is 78.7 Å². The highest BCUT2D eigenvalue weighted by Gasteiger charge is 2.38. The number of hydrogen-bond acceptors (Lipinski definition) is 8. The number of terminal acetylenes is 1. The maximum absolute atomic E-state index is 14.2. The van der Waals surface area contributed by atoms with E-state index in [0.29, 0.717) is 5.56 Å². The Morgan fingerprint density at radius 3 is 1.98 bits per heavy atom. The van der Waals surface area contributed by atoms with Crippen molar-refractivity contribution in [3.8, 4) is 12.3 Å². The van der Waals surface area contributed by atoms with E-state index in [0.717, 1.165) is 10.5 Å². The molecule has 12 heteroatoms. The van der Waals surface area contributed by atoms with E-state index in [1.54, 1.807) is 77.9 Å². The Morgan fingerprint density at radius 2 is 1.48 bits per heavy atom. The van der Waals surface area contributed by atoms with Gasteiger partial charge in [-0.3, -0.25) is 14.4 Å². The predicted octanol–water partition coefficient (Wildman–Crippen LogP) is 2.37. The number of amides is 4. The summed E-state index contributed by atoms with van der Waals surface area (Å²) >= 11 is 0. The average Bonchev–Trinajstić information content (AvgIpc) is 2.94. The SMILES string of the molecule is C#Cc1ccc(C(C(=O)NC(Cc2ccccc2)C(=O)OC(C)(C)C)N(CCO)C(=O)C(CC(N)=O)NC(=O)OC(C)(C)C)cc1. The minimum Gasteiger partial charge on any atom is -0.458 e. The summed E-state index contributed by atoms with van der Waals surface area (Å²) in [6.45, 7) is 8.95. The van der Waals surface area contributed by atoms with Gasteiger partial charge < -0.3 is 35.8 Å². The Kier molecular flexibility index (Phi) is 13.3. The van der Waals surface area contributed by atoms with Crippen LogP contribution in [-0.4, -0.2) is 76.2 Å². The summed E-state index contributed by atoms with van der Waals surface area (Å²) < 4.78 is 10.9. The van der Waals surface area contributed by atoms with Crippen molar-refractivity contribution in [2.24, 2.45) is 5.73 Å². The molecule has 0 aromatic heterocycles. The van der Waals surface area contributed by atoms with E-state index in [4.69, 9.17) is 21.6 Å². The largest absolute Gasteiger partial charge is 0.458 e. The lowest BCUT2D eigenvalue weighted by atomic mass is 9.99. The molecule has 46 heavy (non-hydrogen) atoms. The Labute approximate surface area is 270 Å². The number of nitrogens with zero attached hydrogens (tertiary/aromatic N) is 1. The first-order valence-electron chi connectivity index (χ1n) is 14.8. The van der Waals surface area contributed by atoms with E-state index in [-0.39, 0.29) is 12.0 Å². The molecule has 0 radical (unpaired) electrons. The molecule has 0 saturated heterocycles. The summed E-state index contributed by atoms with van der Waals surface area (Å²) in [4.78, 5) is 67.2. The first kappa shape index (κ1) is 37.3. The highest BCUT2D eigenvalue weighted by molar-refractivity contribution is 5.95. The molecule has 0 saturated carbocycles. The number of alkyl carbamates (subject to hydrolysis) is 1. The van der Waals surface area contributed by atoms with Gasteiger partial charge in [-0.05, 0) is 64.8 Å². The van der Waals surface area contributed by atoms with Crippen LogP contribution >= 0.6 is 0 Å². The van der Waals surface area contributed by atoms with Crippen molar-refractivity contribution >= 4 is 29.8 Å². The Bertz CT molecular complexity index is 1410. The zero-order valence-electron chi connectivity index (χ0n) is 27.2. The summed E-state index contributed by atoms with van der Waals surface area (Å²) in [7, 11) is 0. The Balaban J connectivity index is 2.60. The molecule has 4 amide bonds. The quantitative estimate of drug-likeness (QED) is 0.191. The molecule has 0 heterocycles. The van der Waals surface area contributed by atoms with Gasteiger partial charge in [0, 0.05) is 18.5 Å². The molecule has 12 nitrogen and oxygen atoms in total. The van der Waals surface area contributed by atoms with Crippen LogP contribution in [0.25, 0.3) is 0 Å². The molecule has 0 aliphatic heterocycles. The summed E-state index contributed by atoms with van der Waals surface area (Å²) in [6.07, 6.45) is 3.97. The van der Waals surface area contributed by atoms with E-state index in [1.807, 2.05) is 6.07 Å². The van der Waals surface area contributed by atoms with Crippen molar-refractivity contribution in [2.45, 2.75) is 83.7 Å². The topological polar surface area (TPSA) is 177 Å². The minimum absolute atomic E-state index is 0.0721. The van der Waals surface area contributed by atoms with E-state index in [2.05, 4.69) is 16.6 Å². The highest BCUT2D eigenvalue weighted by atomic mass is 16.6. The van der Waals surface area contributed by atoms with Crippen LogP contribution in [0.4, 0.5) is 4.79 Å². The third-order valence-electron chi connectivity index (χ3n) is 6.26. The average molecular weight is 637 g/mol. The van der Waals surface area contributed by atoms with Crippen molar-refractivity contribution < 1.29 is 38.6 Å². The number of rotatable bonds is 13. The fraction of sp³-hybridized carbons (Fsp3) is 0.441. The second-order valence-electron chi connectivity index (χ2n) is 12.6. The molecule has 0 fully saturated rings. The van der Waals surface area contributed by atoms with Crippen molar-refractivity contribution in [3.63, 3.8) is 0 Å². The number of nitrogens with one attached hydrogen (secondary N) is 2. The second kappa shape index (κ2) is 16.4. The molecule has 0 aliphatic rings. The molecule has 248 valence electrons. The van der Waals surface area contributed by atoms with Crippen molar-refractivity contribution in [3.05, 3.63) is 71.3 Å². The number of carbonyl (C=O) groups excluding carboxylic acids is 5. The molecule has 3 unspecified atom stereocenters. The standard InChI is InChI=1S/C34H44N4O8/c1-8-22-14-16-24(17-15-22)28(29(41)36-26(31(43)45-33(2,3)4)20-23-12-10-9-11-13-23)38(18-19-39)30(42)25(21-27(35)40)37-32(44)46-34(5,6)7/h1,9-17,25-26,28,39H,18-21H2,2-7H3,(H2,35,40)(H,36,41)(H,37,44). The highest BCUT2D eigenvalue weighted by Crippen LogP contribution is 2.24. The number of hydrogen-bond donors (Lipinski definition) is 4. The van der Waals surface area contributed by atoms with Crippen LogP contribution in [-0.2, 0) is 35.1 Å². The molecule has 2 rings (SSSR count). The van der Waals surface area contributed by atoms with Crippen LogP contribution in [0, 0.1) is 12.3 Å². The molecule has 5 N–H and O–H groups in total. The summed E-state index contributed by atoms with van der Waals surface area (Å²) in [5.74, 6) is -0.835. The number of aliphatic hydroxyl groups excluding tert-OH is 1. The molecular weight excluding hydrogens is 592 g/mol. The molecular formula is C34H44N4O8. The molecule has 0 bridgehead atoms. The number of benzene rings is 2. The Hall–Kier alpha value is -4.89. The van der Waals surface area contributed by atoms with E-state index in [9.17, 15) is 29.1 Å². The molecule has 0 aliphatic carbocycles. The van der Waals surface area contributed by atoms with Gasteiger partial charge >= 0.3 is 12.1 Å². The van der Waals surface area contributed by atoms with Gasteiger partial charge in [-0.1, -0.05) is 48.4 Å². The van der Waals surface area contributed by atoms with Crippen LogP contribution in [0.15, 0.2) is 54.6 Å². The fourth-order valence-corrected chi connectivity index (χ4v) is 4.43. The lowest BCUT2D eigenvalue weighted by Crippen LogP contribution is -2.56. The third kappa shape index (κ3) is 12.2. The van der Waals surface area contributed by atoms with Crippen molar-refractivity contribution in [2.75, 3.05) is 13.2 Å². The summed E-state index contributed by atoms with van der Waals surface area (Å²) in [6, 6.07) is 11.0. The summed E-state index contributed by atoms with van der Waals surface area (Å²) in [5, 5.41) is 15.1. The van der Waals surface area contributed by atoms with E-state index in [1.165, 1.54) is 12.1 Å². The number of primary amides is 1. The minimum atomic E-state index is -1.55. The zero-order chi connectivity index (χ0) is 34.7. The van der Waals surface area contributed by atoms with Crippen molar-refractivity contribution in [1.29, 1.82) is 0 Å². The first-order valence-corrected chi connectivity index (χ1v) is 14.8. The molecule has 0 spiro atoms. The van der Waals surface area contributed by atoms with Gasteiger partial charge in [0.2, 0.25) is 17.7 Å². The predicted molar refractivity (Wildman–Crippen MR) is 171 cm³/mol. The van der Waals surface area contributed by atoms with Crippen molar-refractivity contribution in [1.82, 2.24) is 15.5 Å². The number of esters is 1. The molecule has 3 atom stereocenters. The maximum atomic E-state index is 14.2. The molecule has 2 aromatic carbocycles. The maximum Gasteiger partial charge on any atom is 0.408 e. The van der Waals surface area contributed by atoms with Crippen LogP contribution in [0.1, 0.15) is 70.7 Å². The van der Waals surface area contributed by atoms with Gasteiger partial charge in [0.1, 0.15) is 29.3 Å². The van der Waals surface area contributed by atoms with Gasteiger partial charge in [-0.25, -0.2) is 9.59 Å². The van der Waals surface area contributed by atoms with Gasteiger partial charge in [0.25, 0.3) is 0 Å². The van der Waals surface area contributed by atoms with Gasteiger partial charge in [-0.15, -0.1) is 6.42 Å². The molecule has 2 aromatic rings. The van der Waals surface area contributed by atoms with E-state index >= 15 is 0 Å². The number of carbonyl (C=O) groups is 5. The third-order valence-corrected chi connectivity index (χ3v) is 6.26. The number of ether oxygens (including phenoxy) is 2. The lowest BCUT2D eigenvalue weighted by molar-refractivity contribution is -0.159. The van der Waals surface area contributed by atoms with Gasteiger partial charge in [0.15, 0.2) is 0 Å². The second-order valence-corrected chi connectivity index (χ2v) is 12.6. The lowest BCUT2D eigenvalue weighted by Gasteiger charge is -2.35. The van der Waals surface area contributed by atoms with Gasteiger partial charge in [-0.2, -0.15) is 0 Å². The smallest absolute Gasteiger partial charge is 0.408 e. The van der Waals surface area contributed by atoms with Crippen LogP contribution < -0.4 is 16.4 Å². The zero-order valence-corrected chi connectivity index (χ0v) is 27.2. The van der Waals surface area contributed by atoms with Gasteiger partial charge in [0.05, 0.1) is 13.0 Å². The van der Waals surface area contributed by atoms with Crippen LogP contribution in [0.5, 0.6) is 0 Å². The number of aliphatic hydroxyl groups is 1. The first-order chi connectivity index (χ1) is 21.4.